The van der Waals surface area contributed by atoms with Gasteiger partial charge in [0.2, 0.25) is 21.8 Å². The fourth-order valence-electron chi connectivity index (χ4n) is 4.54. The van der Waals surface area contributed by atoms with Crippen LogP contribution in [0.3, 0.4) is 0 Å². The van der Waals surface area contributed by atoms with E-state index in [0.29, 0.717) is 11.4 Å². The lowest BCUT2D eigenvalue weighted by atomic mass is 10.1. The first kappa shape index (κ1) is 27.5. The van der Waals surface area contributed by atoms with Crippen LogP contribution in [0.15, 0.2) is 42.5 Å². The number of methoxy groups -OCH3 is 1. The second-order valence-corrected chi connectivity index (χ2v) is 11.4. The molecular weight excluding hydrogens is 478 g/mol. The topological polar surface area (TPSA) is 96.0 Å². The SMILES string of the molecule is COc1cccc(CN(C(=O)CN(c2cccc(C)c2C)S(C)(=O)=O)C(C)C(=O)NC2CCCC2)c1. The van der Waals surface area contributed by atoms with Crippen LogP contribution in [-0.4, -0.2) is 57.1 Å². The van der Waals surface area contributed by atoms with E-state index in [1.54, 1.807) is 38.3 Å². The Balaban J connectivity index is 1.92. The van der Waals surface area contributed by atoms with Crippen molar-refractivity contribution in [1.82, 2.24) is 10.2 Å². The first-order valence-corrected chi connectivity index (χ1v) is 14.1. The van der Waals surface area contributed by atoms with E-state index in [9.17, 15) is 18.0 Å². The van der Waals surface area contributed by atoms with Crippen LogP contribution in [0.5, 0.6) is 5.75 Å². The molecule has 196 valence electrons. The molecule has 0 saturated heterocycles. The molecular formula is C27H37N3O5S. The van der Waals surface area contributed by atoms with Crippen LogP contribution in [0.2, 0.25) is 0 Å². The van der Waals surface area contributed by atoms with Gasteiger partial charge in [0.15, 0.2) is 0 Å². The zero-order valence-corrected chi connectivity index (χ0v) is 22.6. The van der Waals surface area contributed by atoms with E-state index in [1.807, 2.05) is 32.0 Å². The molecule has 1 atom stereocenters. The Morgan fingerprint density at radius 2 is 1.78 bits per heavy atom. The predicted octanol–water partition coefficient (Wildman–Crippen LogP) is 3.55. The van der Waals surface area contributed by atoms with Crippen molar-refractivity contribution in [2.75, 3.05) is 24.2 Å². The normalized spacial score (nSPS) is 14.8. The summed E-state index contributed by atoms with van der Waals surface area (Å²) in [5.74, 6) is -0.0647. The smallest absolute Gasteiger partial charge is 0.244 e. The Bertz CT molecular complexity index is 1190. The molecule has 0 aromatic heterocycles. The van der Waals surface area contributed by atoms with Crippen molar-refractivity contribution >= 4 is 27.5 Å². The van der Waals surface area contributed by atoms with E-state index in [1.165, 1.54) is 4.90 Å². The van der Waals surface area contributed by atoms with E-state index in [2.05, 4.69) is 5.32 Å². The third kappa shape index (κ3) is 6.78. The fraction of sp³-hybridized carbons (Fsp3) is 0.481. The van der Waals surface area contributed by atoms with E-state index in [4.69, 9.17) is 4.74 Å². The highest BCUT2D eigenvalue weighted by Gasteiger charge is 2.32. The molecule has 3 rings (SSSR count). The lowest BCUT2D eigenvalue weighted by Gasteiger charge is -2.32. The summed E-state index contributed by atoms with van der Waals surface area (Å²) in [6.07, 6.45) is 5.09. The molecule has 1 aliphatic rings. The van der Waals surface area contributed by atoms with E-state index >= 15 is 0 Å². The second-order valence-electron chi connectivity index (χ2n) is 9.53. The number of aryl methyl sites for hydroxylation is 1. The fourth-order valence-corrected chi connectivity index (χ4v) is 5.44. The molecule has 8 nitrogen and oxygen atoms in total. The van der Waals surface area contributed by atoms with Crippen LogP contribution in [0.1, 0.15) is 49.3 Å². The molecule has 0 heterocycles. The number of ether oxygens (including phenoxy) is 1. The lowest BCUT2D eigenvalue weighted by molar-refractivity contribution is -0.139. The molecule has 0 radical (unpaired) electrons. The van der Waals surface area contributed by atoms with Gasteiger partial charge in [-0.3, -0.25) is 13.9 Å². The molecule has 2 aromatic rings. The van der Waals surface area contributed by atoms with Crippen molar-refractivity contribution in [3.05, 3.63) is 59.2 Å². The minimum Gasteiger partial charge on any atom is -0.497 e. The number of nitrogens with one attached hydrogen (secondary N) is 1. The van der Waals surface area contributed by atoms with Crippen LogP contribution in [0.4, 0.5) is 5.69 Å². The highest BCUT2D eigenvalue weighted by Crippen LogP contribution is 2.26. The van der Waals surface area contributed by atoms with E-state index < -0.39 is 28.5 Å². The first-order valence-electron chi connectivity index (χ1n) is 12.3. The van der Waals surface area contributed by atoms with Gasteiger partial charge in [-0.05, 0) is 68.5 Å². The largest absolute Gasteiger partial charge is 0.497 e. The van der Waals surface area contributed by atoms with Gasteiger partial charge in [-0.2, -0.15) is 0 Å². The maximum atomic E-state index is 13.7. The summed E-state index contributed by atoms with van der Waals surface area (Å²) in [4.78, 5) is 28.3. The molecule has 2 amide bonds. The molecule has 1 saturated carbocycles. The molecule has 2 aromatic carbocycles. The number of hydrogen-bond acceptors (Lipinski definition) is 5. The van der Waals surface area contributed by atoms with Gasteiger partial charge in [-0.15, -0.1) is 0 Å². The summed E-state index contributed by atoms with van der Waals surface area (Å²) < 4.78 is 32.0. The second kappa shape index (κ2) is 11.8. The van der Waals surface area contributed by atoms with Gasteiger partial charge in [-0.25, -0.2) is 8.42 Å². The number of hydrogen-bond donors (Lipinski definition) is 1. The van der Waals surface area contributed by atoms with Crippen LogP contribution in [0.25, 0.3) is 0 Å². The van der Waals surface area contributed by atoms with Crippen molar-refractivity contribution in [3.63, 3.8) is 0 Å². The Kier molecular flexibility index (Phi) is 9.00. The quantitative estimate of drug-likeness (QED) is 0.522. The van der Waals surface area contributed by atoms with Gasteiger partial charge < -0.3 is 15.0 Å². The summed E-state index contributed by atoms with van der Waals surface area (Å²) in [5.41, 5.74) is 2.93. The molecule has 0 aliphatic heterocycles. The number of nitrogens with zero attached hydrogens (tertiary/aromatic N) is 2. The van der Waals surface area contributed by atoms with Crippen molar-refractivity contribution in [3.8, 4) is 5.75 Å². The number of carbonyl (C=O) groups is 2. The van der Waals surface area contributed by atoms with Crippen LogP contribution in [-0.2, 0) is 26.2 Å². The summed E-state index contributed by atoms with van der Waals surface area (Å²) in [7, 11) is -2.21. The first-order chi connectivity index (χ1) is 17.0. The zero-order valence-electron chi connectivity index (χ0n) is 21.8. The Morgan fingerprint density at radius 1 is 1.11 bits per heavy atom. The molecule has 0 bridgehead atoms. The monoisotopic (exact) mass is 515 g/mol. The molecule has 1 N–H and O–H groups in total. The number of sulfonamides is 1. The number of benzene rings is 2. The molecule has 1 fully saturated rings. The lowest BCUT2D eigenvalue weighted by Crippen LogP contribution is -2.52. The number of carbonyl (C=O) groups excluding carboxylic acids is 2. The van der Waals surface area contributed by atoms with E-state index in [0.717, 1.165) is 52.9 Å². The Morgan fingerprint density at radius 3 is 2.42 bits per heavy atom. The Labute approximate surface area is 214 Å². The number of rotatable bonds is 10. The van der Waals surface area contributed by atoms with Gasteiger partial charge in [-0.1, -0.05) is 37.1 Å². The van der Waals surface area contributed by atoms with Crippen molar-refractivity contribution in [2.24, 2.45) is 0 Å². The number of anilines is 1. The summed E-state index contributed by atoms with van der Waals surface area (Å²) in [5, 5.41) is 3.06. The summed E-state index contributed by atoms with van der Waals surface area (Å²) in [6, 6.07) is 12.0. The standard InChI is InChI=1S/C27H37N3O5S/c1-19-10-8-15-25(20(19)2)30(36(5,33)34)18-26(31)29(17-22-11-9-14-24(16-22)35-4)21(3)27(32)28-23-12-6-7-13-23/h8-11,14-16,21,23H,6-7,12-13,17-18H2,1-5H3,(H,28,32). The van der Waals surface area contributed by atoms with Crippen molar-refractivity contribution < 1.29 is 22.7 Å². The highest BCUT2D eigenvalue weighted by atomic mass is 32.2. The average molecular weight is 516 g/mol. The van der Waals surface area contributed by atoms with Crippen LogP contribution >= 0.6 is 0 Å². The molecule has 1 unspecified atom stereocenters. The van der Waals surface area contributed by atoms with E-state index in [-0.39, 0.29) is 18.5 Å². The van der Waals surface area contributed by atoms with Gasteiger partial charge in [0, 0.05) is 12.6 Å². The van der Waals surface area contributed by atoms with Gasteiger partial charge in [0.25, 0.3) is 0 Å². The van der Waals surface area contributed by atoms with Gasteiger partial charge >= 0.3 is 0 Å². The maximum Gasteiger partial charge on any atom is 0.244 e. The molecule has 1 aliphatic carbocycles. The van der Waals surface area contributed by atoms with Gasteiger partial charge in [0.1, 0.15) is 18.3 Å². The Hall–Kier alpha value is -3.07. The van der Waals surface area contributed by atoms with Crippen molar-refractivity contribution in [1.29, 1.82) is 0 Å². The number of amides is 2. The zero-order chi connectivity index (χ0) is 26.5. The minimum absolute atomic E-state index is 0.108. The maximum absolute atomic E-state index is 13.7. The third-order valence-corrected chi connectivity index (χ3v) is 8.01. The summed E-state index contributed by atoms with van der Waals surface area (Å²) >= 11 is 0. The molecule has 0 spiro atoms. The van der Waals surface area contributed by atoms with Crippen LogP contribution < -0.4 is 14.4 Å². The average Bonchev–Trinajstić information content (AvgIpc) is 3.35. The van der Waals surface area contributed by atoms with Gasteiger partial charge in [0.05, 0.1) is 19.1 Å². The minimum atomic E-state index is -3.77. The predicted molar refractivity (Wildman–Crippen MR) is 142 cm³/mol. The molecule has 36 heavy (non-hydrogen) atoms. The highest BCUT2D eigenvalue weighted by molar-refractivity contribution is 7.92. The van der Waals surface area contributed by atoms with Crippen molar-refractivity contribution in [2.45, 2.75) is 65.1 Å². The van der Waals surface area contributed by atoms with Crippen LogP contribution in [0, 0.1) is 13.8 Å². The summed E-state index contributed by atoms with van der Waals surface area (Å²) in [6.45, 7) is 5.14. The molecule has 9 heteroatoms. The third-order valence-electron chi connectivity index (χ3n) is 6.88.